The molecule has 1 aliphatic rings. The van der Waals surface area contributed by atoms with Crippen molar-refractivity contribution in [3.63, 3.8) is 0 Å². The Balaban J connectivity index is 1.42. The van der Waals surface area contributed by atoms with Crippen LogP contribution in [0.5, 0.6) is 0 Å². The summed E-state index contributed by atoms with van der Waals surface area (Å²) in [7, 11) is 0. The second-order valence-corrected chi connectivity index (χ2v) is 6.42. The molecule has 2 amide bonds. The van der Waals surface area contributed by atoms with E-state index in [1.54, 1.807) is 10.9 Å². The van der Waals surface area contributed by atoms with Gasteiger partial charge in [-0.15, -0.1) is 0 Å². The van der Waals surface area contributed by atoms with Gasteiger partial charge in [0.25, 0.3) is 0 Å². The van der Waals surface area contributed by atoms with E-state index >= 15 is 0 Å². The number of rotatable bonds is 5. The average Bonchev–Trinajstić information content (AvgIpc) is 3.26. The van der Waals surface area contributed by atoms with E-state index in [1.165, 1.54) is 5.56 Å². The molecule has 0 saturated heterocycles. The van der Waals surface area contributed by atoms with Gasteiger partial charge < -0.3 is 10.6 Å². The van der Waals surface area contributed by atoms with Crippen molar-refractivity contribution >= 4 is 11.7 Å². The first kappa shape index (κ1) is 15.4. The minimum Gasteiger partial charge on any atom is -0.337 e. The molecule has 0 unspecified atom stereocenters. The molecule has 3 aromatic rings. The molecule has 1 heterocycles. The number of aromatic nitrogens is 2. The van der Waals surface area contributed by atoms with E-state index in [4.69, 9.17) is 0 Å². The number of urea groups is 1. The number of anilines is 1. The fourth-order valence-electron chi connectivity index (χ4n) is 3.12. The minimum atomic E-state index is -0.193. The van der Waals surface area contributed by atoms with Crippen LogP contribution in [0.15, 0.2) is 73.1 Å². The van der Waals surface area contributed by atoms with Gasteiger partial charge in [-0.2, -0.15) is 5.10 Å². The van der Waals surface area contributed by atoms with Gasteiger partial charge in [0, 0.05) is 24.4 Å². The number of para-hydroxylation sites is 2. The molecular formula is C20H20N4O. The Kier molecular flexibility index (Phi) is 3.98. The number of carbonyl (C=O) groups excluding carboxylic acids is 1. The van der Waals surface area contributed by atoms with Crippen LogP contribution in [-0.4, -0.2) is 22.4 Å². The van der Waals surface area contributed by atoms with Crippen molar-refractivity contribution < 1.29 is 4.79 Å². The van der Waals surface area contributed by atoms with Gasteiger partial charge in [0.15, 0.2) is 0 Å². The van der Waals surface area contributed by atoms with E-state index in [0.717, 1.165) is 24.2 Å². The maximum atomic E-state index is 12.4. The van der Waals surface area contributed by atoms with Gasteiger partial charge in [-0.3, -0.25) is 0 Å². The van der Waals surface area contributed by atoms with E-state index in [0.29, 0.717) is 6.54 Å². The lowest BCUT2D eigenvalue weighted by molar-refractivity contribution is 0.251. The normalized spacial score (nSPS) is 14.7. The largest absolute Gasteiger partial charge is 0.337 e. The van der Waals surface area contributed by atoms with Crippen LogP contribution < -0.4 is 10.6 Å². The summed E-state index contributed by atoms with van der Waals surface area (Å²) in [6.07, 6.45) is 5.79. The smallest absolute Gasteiger partial charge is 0.319 e. The van der Waals surface area contributed by atoms with Crippen molar-refractivity contribution in [2.24, 2.45) is 0 Å². The Morgan fingerprint density at radius 2 is 1.80 bits per heavy atom. The van der Waals surface area contributed by atoms with E-state index < -0.39 is 0 Å². The van der Waals surface area contributed by atoms with Crippen molar-refractivity contribution in [3.8, 4) is 5.69 Å². The highest BCUT2D eigenvalue weighted by Crippen LogP contribution is 2.47. The lowest BCUT2D eigenvalue weighted by Crippen LogP contribution is -2.35. The van der Waals surface area contributed by atoms with Crippen LogP contribution in [0, 0.1) is 0 Å². The highest BCUT2D eigenvalue weighted by Gasteiger charge is 2.44. The van der Waals surface area contributed by atoms with Crippen LogP contribution in [0.4, 0.5) is 10.5 Å². The van der Waals surface area contributed by atoms with Crippen LogP contribution in [0.3, 0.4) is 0 Å². The predicted molar refractivity (Wildman–Crippen MR) is 97.9 cm³/mol. The molecule has 0 radical (unpaired) electrons. The predicted octanol–water partition coefficient (Wildman–Crippen LogP) is 3.73. The second kappa shape index (κ2) is 6.43. The van der Waals surface area contributed by atoms with Gasteiger partial charge in [-0.05, 0) is 36.6 Å². The molecule has 25 heavy (non-hydrogen) atoms. The van der Waals surface area contributed by atoms with Crippen LogP contribution in [0.2, 0.25) is 0 Å². The maximum absolute atomic E-state index is 12.4. The number of benzene rings is 2. The van der Waals surface area contributed by atoms with Gasteiger partial charge >= 0.3 is 6.03 Å². The second-order valence-electron chi connectivity index (χ2n) is 6.42. The third kappa shape index (κ3) is 3.26. The molecule has 1 aliphatic carbocycles. The molecule has 0 bridgehead atoms. The molecule has 0 aliphatic heterocycles. The molecule has 1 saturated carbocycles. The SMILES string of the molecule is O=C(NCC1(c2ccccc2)CC1)Nc1ccccc1-n1cccn1. The van der Waals surface area contributed by atoms with Crippen molar-refractivity contribution in [1.29, 1.82) is 0 Å². The maximum Gasteiger partial charge on any atom is 0.319 e. The van der Waals surface area contributed by atoms with Gasteiger partial charge in [-0.1, -0.05) is 42.5 Å². The summed E-state index contributed by atoms with van der Waals surface area (Å²) < 4.78 is 1.74. The van der Waals surface area contributed by atoms with E-state index in [2.05, 4.69) is 40.0 Å². The first-order valence-corrected chi connectivity index (χ1v) is 8.46. The van der Waals surface area contributed by atoms with Crippen LogP contribution >= 0.6 is 0 Å². The number of amides is 2. The van der Waals surface area contributed by atoms with E-state index in [-0.39, 0.29) is 11.4 Å². The Morgan fingerprint density at radius 3 is 2.52 bits per heavy atom. The summed E-state index contributed by atoms with van der Waals surface area (Å²) in [4.78, 5) is 12.4. The van der Waals surface area contributed by atoms with E-state index in [9.17, 15) is 4.79 Å². The summed E-state index contributed by atoms with van der Waals surface area (Å²) in [5, 5.41) is 10.2. The van der Waals surface area contributed by atoms with Crippen molar-refractivity contribution in [2.45, 2.75) is 18.3 Å². The zero-order valence-electron chi connectivity index (χ0n) is 13.9. The number of hydrogen-bond acceptors (Lipinski definition) is 2. The molecular weight excluding hydrogens is 312 g/mol. The van der Waals surface area contributed by atoms with Crippen LogP contribution in [0.25, 0.3) is 5.69 Å². The first-order valence-electron chi connectivity index (χ1n) is 8.46. The van der Waals surface area contributed by atoms with Gasteiger partial charge in [0.1, 0.15) is 0 Å². The minimum absolute atomic E-state index is 0.0973. The van der Waals surface area contributed by atoms with Gasteiger partial charge in [0.2, 0.25) is 0 Å². The first-order chi connectivity index (χ1) is 12.3. The number of nitrogens with zero attached hydrogens (tertiary/aromatic N) is 2. The summed E-state index contributed by atoms with van der Waals surface area (Å²) in [5.74, 6) is 0. The topological polar surface area (TPSA) is 59.0 Å². The van der Waals surface area contributed by atoms with E-state index in [1.807, 2.05) is 42.6 Å². The Bertz CT molecular complexity index is 854. The fourth-order valence-corrected chi connectivity index (χ4v) is 3.12. The Hall–Kier alpha value is -3.08. The number of hydrogen-bond donors (Lipinski definition) is 2. The molecule has 2 aromatic carbocycles. The lowest BCUT2D eigenvalue weighted by atomic mass is 9.96. The number of carbonyl (C=O) groups is 1. The monoisotopic (exact) mass is 332 g/mol. The van der Waals surface area contributed by atoms with Gasteiger partial charge in [0.05, 0.1) is 11.4 Å². The van der Waals surface area contributed by atoms with Crippen molar-refractivity contribution in [1.82, 2.24) is 15.1 Å². The zero-order chi connectivity index (χ0) is 17.1. The molecule has 126 valence electrons. The van der Waals surface area contributed by atoms with Gasteiger partial charge in [-0.25, -0.2) is 9.48 Å². The summed E-state index contributed by atoms with van der Waals surface area (Å²) in [6, 6.07) is 19.7. The Labute approximate surface area is 146 Å². The molecule has 0 spiro atoms. The van der Waals surface area contributed by atoms with Crippen molar-refractivity contribution in [2.75, 3.05) is 11.9 Å². The number of nitrogens with one attached hydrogen (secondary N) is 2. The van der Waals surface area contributed by atoms with Crippen LogP contribution in [-0.2, 0) is 5.41 Å². The molecule has 4 rings (SSSR count). The lowest BCUT2D eigenvalue weighted by Gasteiger charge is -2.17. The molecule has 1 fully saturated rings. The van der Waals surface area contributed by atoms with Crippen molar-refractivity contribution in [3.05, 3.63) is 78.6 Å². The molecule has 5 nitrogen and oxygen atoms in total. The zero-order valence-corrected chi connectivity index (χ0v) is 13.9. The molecule has 2 N–H and O–H groups in total. The summed E-state index contributed by atoms with van der Waals surface area (Å²) in [5.41, 5.74) is 2.97. The third-order valence-corrected chi connectivity index (χ3v) is 4.73. The molecule has 0 atom stereocenters. The fraction of sp³-hybridized carbons (Fsp3) is 0.200. The van der Waals surface area contributed by atoms with Crippen LogP contribution in [0.1, 0.15) is 18.4 Å². The third-order valence-electron chi connectivity index (χ3n) is 4.73. The Morgan fingerprint density at radius 1 is 1.04 bits per heavy atom. The highest BCUT2D eigenvalue weighted by atomic mass is 16.2. The standard InChI is InChI=1S/C20H20N4O/c25-19(21-15-20(11-12-20)16-7-2-1-3-8-16)23-17-9-4-5-10-18(17)24-14-6-13-22-24/h1-10,13-14H,11-12,15H2,(H2,21,23,25). The quantitative estimate of drug-likeness (QED) is 0.748. The highest BCUT2D eigenvalue weighted by molar-refractivity contribution is 5.91. The average molecular weight is 332 g/mol. The molecule has 5 heteroatoms. The summed E-state index contributed by atoms with van der Waals surface area (Å²) >= 11 is 0. The molecule has 1 aromatic heterocycles. The summed E-state index contributed by atoms with van der Waals surface area (Å²) in [6.45, 7) is 0.646.